The van der Waals surface area contributed by atoms with Crippen molar-refractivity contribution in [1.82, 2.24) is 20.2 Å². The number of benzene rings is 2. The van der Waals surface area contributed by atoms with Crippen LogP contribution in [-0.2, 0) is 11.3 Å². The third-order valence-electron chi connectivity index (χ3n) is 4.04. The minimum absolute atomic E-state index is 0.122. The largest absolute Gasteiger partial charge is 0.507 e. The highest BCUT2D eigenvalue weighted by atomic mass is 32.2. The molecular weight excluding hydrogens is 374 g/mol. The first-order valence-electron chi connectivity index (χ1n) is 8.83. The first-order valence-corrected chi connectivity index (χ1v) is 9.81. The van der Waals surface area contributed by atoms with Crippen molar-refractivity contribution in [3.8, 4) is 17.1 Å². The second-order valence-corrected chi connectivity index (χ2v) is 6.90. The SMILES string of the molecule is CCn1c(SCC(=O)N/N=C(\C)c2ccccc2O)nnc1-c1ccccc1. The quantitative estimate of drug-likeness (QED) is 0.364. The number of hydrogen-bond donors (Lipinski definition) is 2. The molecule has 1 amide bonds. The molecule has 0 bridgehead atoms. The van der Waals surface area contributed by atoms with E-state index in [1.807, 2.05) is 41.8 Å². The Balaban J connectivity index is 1.63. The van der Waals surface area contributed by atoms with E-state index in [0.717, 1.165) is 11.4 Å². The van der Waals surface area contributed by atoms with E-state index in [9.17, 15) is 9.90 Å². The number of rotatable bonds is 7. The lowest BCUT2D eigenvalue weighted by Crippen LogP contribution is -2.21. The van der Waals surface area contributed by atoms with Gasteiger partial charge in [-0.15, -0.1) is 10.2 Å². The van der Waals surface area contributed by atoms with Crippen LogP contribution in [0.5, 0.6) is 5.75 Å². The van der Waals surface area contributed by atoms with Gasteiger partial charge in [-0.2, -0.15) is 5.10 Å². The zero-order chi connectivity index (χ0) is 19.9. The molecule has 7 nitrogen and oxygen atoms in total. The van der Waals surface area contributed by atoms with Crippen molar-refractivity contribution >= 4 is 23.4 Å². The van der Waals surface area contributed by atoms with Gasteiger partial charge in [0, 0.05) is 17.7 Å². The number of thioether (sulfide) groups is 1. The number of aromatic nitrogens is 3. The normalized spacial score (nSPS) is 11.4. The maximum Gasteiger partial charge on any atom is 0.250 e. The zero-order valence-electron chi connectivity index (χ0n) is 15.7. The number of carbonyl (C=O) groups is 1. The predicted molar refractivity (Wildman–Crippen MR) is 110 cm³/mol. The molecule has 1 heterocycles. The number of nitrogens with zero attached hydrogens (tertiary/aromatic N) is 4. The Morgan fingerprint density at radius 3 is 2.57 bits per heavy atom. The second kappa shape index (κ2) is 9.18. The van der Waals surface area contributed by atoms with Crippen LogP contribution >= 0.6 is 11.8 Å². The molecule has 8 heteroatoms. The lowest BCUT2D eigenvalue weighted by molar-refractivity contribution is -0.118. The van der Waals surface area contributed by atoms with Gasteiger partial charge in [-0.05, 0) is 26.0 Å². The van der Waals surface area contributed by atoms with Crippen LogP contribution in [0.2, 0.25) is 0 Å². The molecule has 0 aliphatic heterocycles. The summed E-state index contributed by atoms with van der Waals surface area (Å²) in [6, 6.07) is 16.7. The van der Waals surface area contributed by atoms with E-state index in [4.69, 9.17) is 0 Å². The molecule has 144 valence electrons. The van der Waals surface area contributed by atoms with Crippen LogP contribution in [0.4, 0.5) is 0 Å². The summed E-state index contributed by atoms with van der Waals surface area (Å²) >= 11 is 1.30. The molecule has 0 saturated carbocycles. The lowest BCUT2D eigenvalue weighted by Gasteiger charge is -2.07. The molecule has 0 aliphatic carbocycles. The Kier molecular flexibility index (Phi) is 6.44. The molecule has 3 rings (SSSR count). The molecule has 0 aliphatic rings. The van der Waals surface area contributed by atoms with E-state index >= 15 is 0 Å². The Bertz CT molecular complexity index is 985. The summed E-state index contributed by atoms with van der Waals surface area (Å²) in [5.41, 5.74) is 4.60. The Labute approximate surface area is 167 Å². The van der Waals surface area contributed by atoms with Crippen LogP contribution < -0.4 is 5.43 Å². The van der Waals surface area contributed by atoms with Crippen LogP contribution in [0, 0.1) is 0 Å². The Morgan fingerprint density at radius 1 is 1.14 bits per heavy atom. The summed E-state index contributed by atoms with van der Waals surface area (Å²) in [5, 5.41) is 23.1. The van der Waals surface area contributed by atoms with Crippen LogP contribution in [0.1, 0.15) is 19.4 Å². The van der Waals surface area contributed by atoms with Gasteiger partial charge in [-0.25, -0.2) is 5.43 Å². The third kappa shape index (κ3) is 4.58. The van der Waals surface area contributed by atoms with Gasteiger partial charge in [0.05, 0.1) is 11.5 Å². The Morgan fingerprint density at radius 2 is 1.86 bits per heavy atom. The summed E-state index contributed by atoms with van der Waals surface area (Å²) in [6.07, 6.45) is 0. The van der Waals surface area contributed by atoms with Gasteiger partial charge < -0.3 is 9.67 Å². The Hall–Kier alpha value is -3.13. The number of nitrogens with one attached hydrogen (secondary N) is 1. The van der Waals surface area contributed by atoms with Gasteiger partial charge in [0.15, 0.2) is 11.0 Å². The van der Waals surface area contributed by atoms with Crippen LogP contribution in [0.25, 0.3) is 11.4 Å². The third-order valence-corrected chi connectivity index (χ3v) is 5.01. The summed E-state index contributed by atoms with van der Waals surface area (Å²) in [7, 11) is 0. The van der Waals surface area contributed by atoms with Crippen molar-refractivity contribution in [1.29, 1.82) is 0 Å². The average Bonchev–Trinajstić information content (AvgIpc) is 3.14. The fourth-order valence-corrected chi connectivity index (χ4v) is 3.42. The molecule has 0 unspecified atom stereocenters. The molecule has 1 aromatic heterocycles. The number of hydrazone groups is 1. The first-order chi connectivity index (χ1) is 13.6. The van der Waals surface area contributed by atoms with Crippen molar-refractivity contribution in [2.45, 2.75) is 25.5 Å². The highest BCUT2D eigenvalue weighted by Crippen LogP contribution is 2.23. The minimum atomic E-state index is -0.258. The molecule has 0 atom stereocenters. The van der Waals surface area contributed by atoms with E-state index in [1.165, 1.54) is 11.8 Å². The molecule has 0 saturated heterocycles. The molecule has 0 radical (unpaired) electrons. The van der Waals surface area contributed by atoms with E-state index in [0.29, 0.717) is 23.0 Å². The number of carbonyl (C=O) groups excluding carboxylic acids is 1. The van der Waals surface area contributed by atoms with E-state index in [2.05, 4.69) is 20.7 Å². The predicted octanol–water partition coefficient (Wildman–Crippen LogP) is 3.30. The van der Waals surface area contributed by atoms with Gasteiger partial charge in [0.1, 0.15) is 5.75 Å². The second-order valence-electron chi connectivity index (χ2n) is 5.95. The van der Waals surface area contributed by atoms with Crippen LogP contribution in [0.15, 0.2) is 64.9 Å². The topological polar surface area (TPSA) is 92.4 Å². The first kappa shape index (κ1) is 19.6. The van der Waals surface area contributed by atoms with E-state index < -0.39 is 0 Å². The number of para-hydroxylation sites is 1. The van der Waals surface area contributed by atoms with Crippen molar-refractivity contribution in [3.63, 3.8) is 0 Å². The number of phenolic OH excluding ortho intramolecular Hbond substituents is 1. The van der Waals surface area contributed by atoms with Crippen LogP contribution in [-0.4, -0.2) is 37.2 Å². The van der Waals surface area contributed by atoms with Crippen molar-refractivity contribution in [2.75, 3.05) is 5.75 Å². The molecule has 0 spiro atoms. The summed E-state index contributed by atoms with van der Waals surface area (Å²) in [6.45, 7) is 4.44. The van der Waals surface area contributed by atoms with E-state index in [-0.39, 0.29) is 17.4 Å². The van der Waals surface area contributed by atoms with Crippen molar-refractivity contribution in [3.05, 3.63) is 60.2 Å². The standard InChI is InChI=1S/C20H21N5O2S/c1-3-25-19(15-9-5-4-6-10-15)23-24-20(25)28-13-18(27)22-21-14(2)16-11-7-8-12-17(16)26/h4-12,26H,3,13H2,1-2H3,(H,22,27)/b21-14+. The fourth-order valence-electron chi connectivity index (χ4n) is 2.63. The van der Waals surface area contributed by atoms with Gasteiger partial charge in [0.25, 0.3) is 5.91 Å². The number of amides is 1. The summed E-state index contributed by atoms with van der Waals surface area (Å²) in [5.74, 6) is 0.799. The monoisotopic (exact) mass is 395 g/mol. The average molecular weight is 395 g/mol. The van der Waals surface area contributed by atoms with Gasteiger partial charge in [-0.1, -0.05) is 54.2 Å². The summed E-state index contributed by atoms with van der Waals surface area (Å²) < 4.78 is 1.98. The van der Waals surface area contributed by atoms with Gasteiger partial charge in [0.2, 0.25) is 0 Å². The van der Waals surface area contributed by atoms with Crippen molar-refractivity contribution < 1.29 is 9.90 Å². The molecule has 0 fully saturated rings. The molecule has 2 aromatic carbocycles. The lowest BCUT2D eigenvalue weighted by atomic mass is 10.1. The highest BCUT2D eigenvalue weighted by Gasteiger charge is 2.14. The number of phenols is 1. The fraction of sp³-hybridized carbons (Fsp3) is 0.200. The van der Waals surface area contributed by atoms with Crippen LogP contribution in [0.3, 0.4) is 0 Å². The smallest absolute Gasteiger partial charge is 0.250 e. The molecule has 2 N–H and O–H groups in total. The summed E-state index contributed by atoms with van der Waals surface area (Å²) in [4.78, 5) is 12.2. The zero-order valence-corrected chi connectivity index (χ0v) is 16.5. The number of aromatic hydroxyl groups is 1. The van der Waals surface area contributed by atoms with Gasteiger partial charge >= 0.3 is 0 Å². The molecular formula is C20H21N5O2S. The highest BCUT2D eigenvalue weighted by molar-refractivity contribution is 7.99. The minimum Gasteiger partial charge on any atom is -0.507 e. The maximum absolute atomic E-state index is 12.2. The molecule has 28 heavy (non-hydrogen) atoms. The maximum atomic E-state index is 12.2. The van der Waals surface area contributed by atoms with Gasteiger partial charge in [-0.3, -0.25) is 4.79 Å². The molecule has 3 aromatic rings. The van der Waals surface area contributed by atoms with E-state index in [1.54, 1.807) is 31.2 Å². The number of hydrogen-bond acceptors (Lipinski definition) is 6. The van der Waals surface area contributed by atoms with Crippen molar-refractivity contribution in [2.24, 2.45) is 5.10 Å².